The van der Waals surface area contributed by atoms with Crippen LogP contribution in [0.2, 0.25) is 5.02 Å². The summed E-state index contributed by atoms with van der Waals surface area (Å²) in [6.07, 6.45) is 1.48. The average Bonchev–Trinajstić information content (AvgIpc) is 2.75. The maximum Gasteiger partial charge on any atom is 0.223 e. The van der Waals surface area contributed by atoms with Crippen molar-refractivity contribution < 1.29 is 18.7 Å². The van der Waals surface area contributed by atoms with Gasteiger partial charge in [0.05, 0.1) is 14.2 Å². The number of nitrogens with one attached hydrogen (secondary N) is 1. The third kappa shape index (κ3) is 5.40. The maximum absolute atomic E-state index is 14.0. The smallest absolute Gasteiger partial charge is 0.223 e. The first-order valence-electron chi connectivity index (χ1n) is 9.65. The van der Waals surface area contributed by atoms with Gasteiger partial charge in [-0.05, 0) is 55.8 Å². The molecule has 0 spiro atoms. The van der Waals surface area contributed by atoms with Crippen molar-refractivity contribution in [2.45, 2.75) is 25.9 Å². The van der Waals surface area contributed by atoms with Gasteiger partial charge in [0.2, 0.25) is 5.91 Å². The number of carbonyl (C=O) groups is 1. The molecule has 2 aromatic carbocycles. The quantitative estimate of drug-likeness (QED) is 0.734. The molecule has 1 saturated heterocycles. The molecule has 2 aromatic rings. The van der Waals surface area contributed by atoms with Gasteiger partial charge in [0.15, 0.2) is 11.5 Å². The molecule has 0 atom stereocenters. The summed E-state index contributed by atoms with van der Waals surface area (Å²) in [7, 11) is 3.17. The van der Waals surface area contributed by atoms with Crippen molar-refractivity contribution in [3.63, 3.8) is 0 Å². The molecular formula is C22H26ClFN2O3. The van der Waals surface area contributed by atoms with Crippen molar-refractivity contribution >= 4 is 17.5 Å². The Morgan fingerprint density at radius 2 is 1.90 bits per heavy atom. The van der Waals surface area contributed by atoms with Gasteiger partial charge in [0.25, 0.3) is 0 Å². The second-order valence-corrected chi connectivity index (χ2v) is 7.56. The minimum atomic E-state index is -0.285. The highest BCUT2D eigenvalue weighted by molar-refractivity contribution is 6.31. The van der Waals surface area contributed by atoms with Crippen LogP contribution in [0.3, 0.4) is 0 Å². The fourth-order valence-electron chi connectivity index (χ4n) is 3.58. The summed E-state index contributed by atoms with van der Waals surface area (Å²) in [4.78, 5) is 14.7. The Hall–Kier alpha value is -2.31. The Morgan fingerprint density at radius 1 is 1.17 bits per heavy atom. The second-order valence-electron chi connectivity index (χ2n) is 7.16. The summed E-state index contributed by atoms with van der Waals surface area (Å²) in [6.45, 7) is 2.37. The lowest BCUT2D eigenvalue weighted by Crippen LogP contribution is -2.40. The molecule has 5 nitrogen and oxygen atoms in total. The zero-order valence-corrected chi connectivity index (χ0v) is 17.5. The van der Waals surface area contributed by atoms with E-state index in [-0.39, 0.29) is 17.6 Å². The summed E-state index contributed by atoms with van der Waals surface area (Å²) >= 11 is 6.12. The van der Waals surface area contributed by atoms with Crippen LogP contribution in [0, 0.1) is 11.7 Å². The van der Waals surface area contributed by atoms with Gasteiger partial charge in [0.1, 0.15) is 5.82 Å². The topological polar surface area (TPSA) is 50.8 Å². The second kappa shape index (κ2) is 9.94. The number of methoxy groups -OCH3 is 2. The monoisotopic (exact) mass is 420 g/mol. The van der Waals surface area contributed by atoms with Gasteiger partial charge < -0.3 is 14.8 Å². The number of likely N-dealkylation sites (tertiary alicyclic amines) is 1. The van der Waals surface area contributed by atoms with E-state index < -0.39 is 0 Å². The number of carbonyl (C=O) groups excluding carboxylic acids is 1. The van der Waals surface area contributed by atoms with Crippen LogP contribution in [0.15, 0.2) is 36.4 Å². The van der Waals surface area contributed by atoms with E-state index >= 15 is 0 Å². The molecule has 29 heavy (non-hydrogen) atoms. The Labute approximate surface area is 175 Å². The van der Waals surface area contributed by atoms with Crippen molar-refractivity contribution in [3.05, 3.63) is 58.4 Å². The van der Waals surface area contributed by atoms with Gasteiger partial charge in [-0.3, -0.25) is 9.69 Å². The molecule has 1 aliphatic heterocycles. The Kier molecular flexibility index (Phi) is 7.34. The van der Waals surface area contributed by atoms with Gasteiger partial charge in [-0.25, -0.2) is 4.39 Å². The highest BCUT2D eigenvalue weighted by Crippen LogP contribution is 2.28. The maximum atomic E-state index is 14.0. The van der Waals surface area contributed by atoms with Crippen LogP contribution in [-0.4, -0.2) is 38.1 Å². The summed E-state index contributed by atoms with van der Waals surface area (Å²) in [6, 6.07) is 10.3. The number of piperidine rings is 1. The minimum absolute atomic E-state index is 0.0394. The number of ether oxygens (including phenoxy) is 2. The lowest BCUT2D eigenvalue weighted by molar-refractivity contribution is -0.126. The number of halogens is 2. The number of hydrogen-bond acceptors (Lipinski definition) is 4. The highest BCUT2D eigenvalue weighted by atomic mass is 35.5. The molecule has 0 aliphatic carbocycles. The van der Waals surface area contributed by atoms with E-state index in [0.717, 1.165) is 31.5 Å². The van der Waals surface area contributed by atoms with Crippen LogP contribution in [-0.2, 0) is 17.9 Å². The van der Waals surface area contributed by atoms with Gasteiger partial charge in [-0.2, -0.15) is 0 Å². The van der Waals surface area contributed by atoms with Crippen LogP contribution in [0.5, 0.6) is 11.5 Å². The van der Waals surface area contributed by atoms with E-state index in [1.165, 1.54) is 6.07 Å². The predicted molar refractivity (Wildman–Crippen MR) is 111 cm³/mol. The highest BCUT2D eigenvalue weighted by Gasteiger charge is 2.25. The number of rotatable bonds is 7. The Morgan fingerprint density at radius 3 is 2.55 bits per heavy atom. The molecule has 0 radical (unpaired) electrons. The average molecular weight is 421 g/mol. The molecule has 0 aromatic heterocycles. The molecule has 0 bridgehead atoms. The largest absolute Gasteiger partial charge is 0.493 e. The first-order chi connectivity index (χ1) is 14.0. The lowest BCUT2D eigenvalue weighted by Gasteiger charge is -2.31. The van der Waals surface area contributed by atoms with Crippen LogP contribution in [0.1, 0.15) is 24.0 Å². The summed E-state index contributed by atoms with van der Waals surface area (Å²) < 4.78 is 24.5. The van der Waals surface area contributed by atoms with Gasteiger partial charge >= 0.3 is 0 Å². The number of hydrogen-bond donors (Lipinski definition) is 1. The van der Waals surface area contributed by atoms with E-state index in [2.05, 4.69) is 10.2 Å². The minimum Gasteiger partial charge on any atom is -0.493 e. The first kappa shape index (κ1) is 21.4. The van der Waals surface area contributed by atoms with Crippen molar-refractivity contribution in [1.29, 1.82) is 0 Å². The zero-order chi connectivity index (χ0) is 20.8. The number of benzene rings is 2. The standard InChI is InChI=1S/C22H26ClFN2O3/c1-28-20-7-6-15(12-21(20)29-2)13-25-22(27)16-8-10-26(11-9-16)14-17-18(23)4-3-5-19(17)24/h3-7,12,16H,8-11,13-14H2,1-2H3,(H,25,27). The molecule has 3 rings (SSSR count). The summed E-state index contributed by atoms with van der Waals surface area (Å²) in [5.74, 6) is 1.02. The SMILES string of the molecule is COc1ccc(CNC(=O)C2CCN(Cc3c(F)cccc3Cl)CC2)cc1OC. The third-order valence-corrected chi connectivity index (χ3v) is 5.67. The van der Waals surface area contributed by atoms with Gasteiger partial charge in [-0.1, -0.05) is 23.7 Å². The molecule has 0 saturated carbocycles. The lowest BCUT2D eigenvalue weighted by atomic mass is 9.95. The van der Waals surface area contributed by atoms with Crippen LogP contribution in [0.4, 0.5) is 4.39 Å². The van der Waals surface area contributed by atoms with E-state index in [1.807, 2.05) is 18.2 Å². The molecule has 156 valence electrons. The molecular weight excluding hydrogens is 395 g/mol. The molecule has 1 aliphatic rings. The van der Waals surface area contributed by atoms with E-state index in [0.29, 0.717) is 35.2 Å². The predicted octanol–water partition coefficient (Wildman–Crippen LogP) is 4.02. The molecule has 1 heterocycles. The normalized spacial score (nSPS) is 15.2. The molecule has 1 fully saturated rings. The Balaban J connectivity index is 1.49. The first-order valence-corrected chi connectivity index (χ1v) is 10.0. The molecule has 1 N–H and O–H groups in total. The summed E-state index contributed by atoms with van der Waals surface area (Å²) in [5.41, 5.74) is 1.47. The van der Waals surface area contributed by atoms with E-state index in [9.17, 15) is 9.18 Å². The zero-order valence-electron chi connectivity index (χ0n) is 16.7. The summed E-state index contributed by atoms with van der Waals surface area (Å²) in [5, 5.41) is 3.45. The molecule has 1 amide bonds. The Bertz CT molecular complexity index is 834. The van der Waals surface area contributed by atoms with Crippen LogP contribution < -0.4 is 14.8 Å². The van der Waals surface area contributed by atoms with Gasteiger partial charge in [-0.15, -0.1) is 0 Å². The van der Waals surface area contributed by atoms with E-state index in [4.69, 9.17) is 21.1 Å². The van der Waals surface area contributed by atoms with Crippen molar-refractivity contribution in [2.75, 3.05) is 27.3 Å². The third-order valence-electron chi connectivity index (χ3n) is 5.32. The van der Waals surface area contributed by atoms with Crippen molar-refractivity contribution in [2.24, 2.45) is 5.92 Å². The molecule has 7 heteroatoms. The van der Waals surface area contributed by atoms with Crippen molar-refractivity contribution in [1.82, 2.24) is 10.2 Å². The fourth-order valence-corrected chi connectivity index (χ4v) is 3.81. The molecule has 0 unspecified atom stereocenters. The van der Waals surface area contributed by atoms with Gasteiger partial charge in [0, 0.05) is 29.6 Å². The van der Waals surface area contributed by atoms with Crippen molar-refractivity contribution in [3.8, 4) is 11.5 Å². The van der Waals surface area contributed by atoms with Crippen LogP contribution >= 0.6 is 11.6 Å². The van der Waals surface area contributed by atoms with E-state index in [1.54, 1.807) is 26.4 Å². The van der Waals surface area contributed by atoms with Crippen LogP contribution in [0.25, 0.3) is 0 Å². The number of amides is 1. The fraction of sp³-hybridized carbons (Fsp3) is 0.409. The number of nitrogens with zero attached hydrogens (tertiary/aromatic N) is 1.